The van der Waals surface area contributed by atoms with Crippen LogP contribution in [-0.4, -0.2) is 37.8 Å². The Bertz CT molecular complexity index is 794. The van der Waals surface area contributed by atoms with Gasteiger partial charge in [-0.1, -0.05) is 63.7 Å². The van der Waals surface area contributed by atoms with Gasteiger partial charge in [0, 0.05) is 19.1 Å². The molecule has 5 nitrogen and oxygen atoms in total. The first-order valence-corrected chi connectivity index (χ1v) is 11.6. The molecule has 0 spiro atoms. The van der Waals surface area contributed by atoms with Crippen molar-refractivity contribution >= 4 is 39.1 Å². The summed E-state index contributed by atoms with van der Waals surface area (Å²) in [5.74, 6) is 0.523. The molecule has 2 rings (SSSR count). The van der Waals surface area contributed by atoms with Crippen molar-refractivity contribution in [3.63, 3.8) is 0 Å². The van der Waals surface area contributed by atoms with E-state index in [1.54, 1.807) is 13.8 Å². The van der Waals surface area contributed by atoms with E-state index in [1.807, 2.05) is 0 Å². The highest BCUT2D eigenvalue weighted by Gasteiger charge is 2.30. The Balaban J connectivity index is 2.36. The second-order valence-electron chi connectivity index (χ2n) is 7.20. The highest BCUT2D eigenvalue weighted by Crippen LogP contribution is 2.32. The van der Waals surface area contributed by atoms with Gasteiger partial charge in [-0.15, -0.1) is 0 Å². The van der Waals surface area contributed by atoms with Gasteiger partial charge in [-0.3, -0.25) is 4.79 Å². The fourth-order valence-corrected chi connectivity index (χ4v) is 5.93. The molecule has 0 aliphatic heterocycles. The highest BCUT2D eigenvalue weighted by atomic mass is 35.5. The van der Waals surface area contributed by atoms with E-state index in [9.17, 15) is 13.2 Å². The highest BCUT2D eigenvalue weighted by molar-refractivity contribution is 7.89. The van der Waals surface area contributed by atoms with E-state index < -0.39 is 10.0 Å². The predicted molar refractivity (Wildman–Crippen MR) is 110 cm³/mol. The van der Waals surface area contributed by atoms with Crippen LogP contribution >= 0.6 is 23.2 Å². The van der Waals surface area contributed by atoms with Crippen LogP contribution in [0.15, 0.2) is 17.0 Å². The zero-order valence-electron chi connectivity index (χ0n) is 16.3. The third kappa shape index (κ3) is 4.78. The Hall–Kier alpha value is -0.820. The molecule has 152 valence electrons. The number of halogens is 2. The average molecular weight is 435 g/mol. The topological polar surface area (TPSA) is 66.5 Å². The monoisotopic (exact) mass is 434 g/mol. The molecule has 1 saturated carbocycles. The van der Waals surface area contributed by atoms with Gasteiger partial charge in [-0.2, -0.15) is 4.31 Å². The molecule has 1 aliphatic rings. The number of hydrogen-bond acceptors (Lipinski definition) is 3. The number of sulfonamides is 1. The number of hydrogen-bond donors (Lipinski definition) is 1. The Morgan fingerprint density at radius 2 is 1.78 bits per heavy atom. The molecule has 0 saturated heterocycles. The summed E-state index contributed by atoms with van der Waals surface area (Å²) in [4.78, 5) is 12.7. The lowest BCUT2D eigenvalue weighted by Gasteiger charge is -2.34. The molecule has 1 N–H and O–H groups in total. The standard InChI is InChI=1S/C19H28Cl2N2O3S/c1-5-23(6-2)27(25,26)18-10-14(15(20)11-16(18)21)19(24)22-17-9-7-8-12(3)13(17)4/h10-13,17H,5-9H2,1-4H3,(H,22,24)/t12-,13-,17-/m0/s1. The lowest BCUT2D eigenvalue weighted by atomic mass is 9.78. The minimum Gasteiger partial charge on any atom is -0.349 e. The normalized spacial score (nSPS) is 23.4. The van der Waals surface area contributed by atoms with E-state index in [2.05, 4.69) is 19.2 Å². The maximum absolute atomic E-state index is 12.9. The molecule has 1 aromatic carbocycles. The Morgan fingerprint density at radius 3 is 2.37 bits per heavy atom. The summed E-state index contributed by atoms with van der Waals surface area (Å²) in [5.41, 5.74) is 0.136. The van der Waals surface area contributed by atoms with Gasteiger partial charge in [0.1, 0.15) is 4.90 Å². The Morgan fingerprint density at radius 1 is 1.15 bits per heavy atom. The first-order valence-electron chi connectivity index (χ1n) is 9.43. The molecule has 1 aliphatic carbocycles. The fraction of sp³-hybridized carbons (Fsp3) is 0.632. The van der Waals surface area contributed by atoms with E-state index in [-0.39, 0.29) is 32.5 Å². The second kappa shape index (κ2) is 9.12. The predicted octanol–water partition coefficient (Wildman–Crippen LogP) is 4.58. The largest absolute Gasteiger partial charge is 0.349 e. The van der Waals surface area contributed by atoms with Crippen LogP contribution in [0.25, 0.3) is 0 Å². The summed E-state index contributed by atoms with van der Waals surface area (Å²) in [6.07, 6.45) is 3.13. The van der Waals surface area contributed by atoms with Crippen molar-refractivity contribution in [2.75, 3.05) is 13.1 Å². The number of carbonyl (C=O) groups excluding carboxylic acids is 1. The van der Waals surface area contributed by atoms with Crippen LogP contribution < -0.4 is 5.32 Å². The maximum atomic E-state index is 12.9. The second-order valence-corrected chi connectivity index (χ2v) is 9.92. The summed E-state index contributed by atoms with van der Waals surface area (Å²) >= 11 is 12.4. The number of nitrogens with one attached hydrogen (secondary N) is 1. The third-order valence-electron chi connectivity index (χ3n) is 5.61. The number of rotatable bonds is 6. The van der Waals surface area contributed by atoms with Crippen LogP contribution in [0.2, 0.25) is 10.0 Å². The van der Waals surface area contributed by atoms with Crippen LogP contribution in [0.4, 0.5) is 0 Å². The van der Waals surface area contributed by atoms with Crippen molar-refractivity contribution < 1.29 is 13.2 Å². The van der Waals surface area contributed by atoms with Gasteiger partial charge < -0.3 is 5.32 Å². The van der Waals surface area contributed by atoms with Crippen molar-refractivity contribution in [2.45, 2.75) is 57.9 Å². The maximum Gasteiger partial charge on any atom is 0.253 e. The van der Waals surface area contributed by atoms with E-state index in [4.69, 9.17) is 23.2 Å². The first-order chi connectivity index (χ1) is 12.6. The summed E-state index contributed by atoms with van der Waals surface area (Å²) in [7, 11) is -3.79. The first kappa shape index (κ1) is 22.5. The summed E-state index contributed by atoms with van der Waals surface area (Å²) < 4.78 is 27.0. The smallest absolute Gasteiger partial charge is 0.253 e. The van der Waals surface area contributed by atoms with Crippen LogP contribution in [0.1, 0.15) is 57.3 Å². The van der Waals surface area contributed by atoms with Gasteiger partial charge in [-0.25, -0.2) is 8.42 Å². The Labute approximate surface area is 172 Å². The van der Waals surface area contributed by atoms with Gasteiger partial charge >= 0.3 is 0 Å². The molecule has 0 heterocycles. The molecule has 0 radical (unpaired) electrons. The zero-order valence-corrected chi connectivity index (χ0v) is 18.6. The molecule has 0 unspecified atom stereocenters. The van der Waals surface area contributed by atoms with Crippen LogP contribution in [0.5, 0.6) is 0 Å². The molecular formula is C19H28Cl2N2O3S. The molecular weight excluding hydrogens is 407 g/mol. The van der Waals surface area contributed by atoms with Crippen LogP contribution in [-0.2, 0) is 10.0 Å². The quantitative estimate of drug-likeness (QED) is 0.712. The van der Waals surface area contributed by atoms with E-state index in [1.165, 1.54) is 16.4 Å². The summed E-state index contributed by atoms with van der Waals surface area (Å²) in [6.45, 7) is 8.46. The van der Waals surface area contributed by atoms with Crippen molar-refractivity contribution in [1.29, 1.82) is 0 Å². The lowest BCUT2D eigenvalue weighted by Crippen LogP contribution is -2.43. The van der Waals surface area contributed by atoms with Crippen molar-refractivity contribution in [3.05, 3.63) is 27.7 Å². The van der Waals surface area contributed by atoms with Gasteiger partial charge in [-0.05, 0) is 30.4 Å². The van der Waals surface area contributed by atoms with Gasteiger partial charge in [0.25, 0.3) is 5.91 Å². The molecule has 27 heavy (non-hydrogen) atoms. The minimum absolute atomic E-state index is 0.0168. The number of amides is 1. The number of benzene rings is 1. The molecule has 3 atom stereocenters. The third-order valence-corrected chi connectivity index (χ3v) is 8.44. The SMILES string of the molecule is CCN(CC)S(=O)(=O)c1cc(C(=O)N[C@H]2CCC[C@H](C)[C@@H]2C)c(Cl)cc1Cl. The van der Waals surface area contributed by atoms with Gasteiger partial charge in [0.05, 0.1) is 15.6 Å². The van der Waals surface area contributed by atoms with Crippen LogP contribution in [0.3, 0.4) is 0 Å². The Kier molecular flexibility index (Phi) is 7.59. The molecule has 0 aromatic heterocycles. The van der Waals surface area contributed by atoms with E-state index >= 15 is 0 Å². The number of carbonyl (C=O) groups is 1. The van der Waals surface area contributed by atoms with Gasteiger partial charge in [0.2, 0.25) is 10.0 Å². The summed E-state index contributed by atoms with van der Waals surface area (Å²) in [6, 6.07) is 2.68. The molecule has 0 bridgehead atoms. The molecule has 8 heteroatoms. The van der Waals surface area contributed by atoms with Crippen molar-refractivity contribution in [1.82, 2.24) is 9.62 Å². The van der Waals surface area contributed by atoms with Crippen molar-refractivity contribution in [3.8, 4) is 0 Å². The van der Waals surface area contributed by atoms with E-state index in [0.717, 1.165) is 19.3 Å². The average Bonchev–Trinajstić information content (AvgIpc) is 2.59. The van der Waals surface area contributed by atoms with Crippen molar-refractivity contribution in [2.24, 2.45) is 11.8 Å². The lowest BCUT2D eigenvalue weighted by molar-refractivity contribution is 0.0891. The molecule has 1 amide bonds. The van der Waals surface area contributed by atoms with Gasteiger partial charge in [0.15, 0.2) is 0 Å². The minimum atomic E-state index is -3.79. The summed E-state index contributed by atoms with van der Waals surface area (Å²) in [5, 5.41) is 3.20. The zero-order chi connectivity index (χ0) is 20.4. The molecule has 1 fully saturated rings. The van der Waals surface area contributed by atoms with E-state index in [0.29, 0.717) is 24.9 Å². The fourth-order valence-electron chi connectivity index (χ4n) is 3.64. The molecule has 1 aromatic rings. The van der Waals surface area contributed by atoms with Crippen LogP contribution in [0, 0.1) is 11.8 Å². The number of nitrogens with zero attached hydrogens (tertiary/aromatic N) is 1.